The molecule has 1 unspecified atom stereocenters. The lowest BCUT2D eigenvalue weighted by molar-refractivity contribution is 0.0933. The number of pyridine rings is 1. The van der Waals surface area contributed by atoms with Crippen LogP contribution in [0.15, 0.2) is 84.2 Å². The maximum absolute atomic E-state index is 14.3. The van der Waals surface area contributed by atoms with E-state index in [2.05, 4.69) is 47.7 Å². The molecule has 6 aromatic rings. The average Bonchev–Trinajstić information content (AvgIpc) is 3.48. The van der Waals surface area contributed by atoms with Crippen LogP contribution in [0.3, 0.4) is 0 Å². The van der Waals surface area contributed by atoms with Crippen molar-refractivity contribution in [3.8, 4) is 28.8 Å². The molecule has 14 heteroatoms. The number of carbonyl (C=O) groups excluding carboxylic acids is 1. The van der Waals surface area contributed by atoms with Gasteiger partial charge in [0.15, 0.2) is 11.5 Å². The molecule has 6 rings (SSSR count). The van der Waals surface area contributed by atoms with Crippen molar-refractivity contribution in [2.75, 3.05) is 16.7 Å². The molecule has 2 aromatic carbocycles. The van der Waals surface area contributed by atoms with Crippen molar-refractivity contribution in [1.82, 2.24) is 34.8 Å². The lowest BCUT2D eigenvalue weighted by Crippen LogP contribution is -2.34. The molecule has 4 N–H and O–H groups in total. The minimum Gasteiger partial charge on any atom is -0.382 e. The van der Waals surface area contributed by atoms with E-state index >= 15 is 0 Å². The van der Waals surface area contributed by atoms with Gasteiger partial charge in [-0.05, 0) is 56.0 Å². The van der Waals surface area contributed by atoms with Gasteiger partial charge in [-0.25, -0.2) is 24.1 Å². The molecule has 48 heavy (non-hydrogen) atoms. The van der Waals surface area contributed by atoms with Gasteiger partial charge < -0.3 is 15.8 Å². The van der Waals surface area contributed by atoms with Crippen LogP contribution in [0, 0.1) is 18.8 Å². The van der Waals surface area contributed by atoms with Crippen molar-refractivity contribution in [3.63, 3.8) is 0 Å². The number of thiazole rings is 1. The third kappa shape index (κ3) is 6.92. The van der Waals surface area contributed by atoms with E-state index in [1.807, 2.05) is 25.1 Å². The lowest BCUT2D eigenvalue weighted by atomic mass is 10.1. The summed E-state index contributed by atoms with van der Waals surface area (Å²) in [6.07, 6.45) is 7.61. The standard InChI is InChI=1S/C34H29N9O3S2/c1-20(39-33(44)30-31(35)38-19-28(40-30)23-15-24(17-36-16-23)42-48(3,4)46)32-41-27-12-8-9-22(13-14-26-18-37-21(2)47-26)29(27)34(45)43(32)25-10-6-5-7-11-25/h5-12,15-20H,3H2,1-2,4H3,(H2,35,38)(H,39,44)(H,42,46)/t20-,48?/m1/s1. The fourth-order valence-corrected chi connectivity index (χ4v) is 6.18. The van der Waals surface area contributed by atoms with Crippen molar-refractivity contribution in [1.29, 1.82) is 0 Å². The molecule has 0 radical (unpaired) electrons. The van der Waals surface area contributed by atoms with Crippen LogP contribution in [0.4, 0.5) is 11.5 Å². The normalized spacial score (nSPS) is 12.8. The Morgan fingerprint density at radius 2 is 1.83 bits per heavy atom. The van der Waals surface area contributed by atoms with Gasteiger partial charge in [0.25, 0.3) is 11.5 Å². The van der Waals surface area contributed by atoms with E-state index in [0.29, 0.717) is 39.1 Å². The molecule has 4 heterocycles. The second-order valence-corrected chi connectivity index (χ2v) is 14.3. The number of nitrogen functional groups attached to an aromatic ring is 1. The average molecular weight is 676 g/mol. The quantitative estimate of drug-likeness (QED) is 0.166. The molecule has 0 bridgehead atoms. The fourth-order valence-electron chi connectivity index (χ4n) is 4.94. The van der Waals surface area contributed by atoms with E-state index in [-0.39, 0.29) is 22.9 Å². The van der Waals surface area contributed by atoms with Crippen LogP contribution in [0.2, 0.25) is 0 Å². The van der Waals surface area contributed by atoms with E-state index in [9.17, 15) is 13.8 Å². The number of nitrogens with zero attached hydrogens (tertiary/aromatic N) is 6. The third-order valence-electron chi connectivity index (χ3n) is 7.00. The number of hydrogen-bond donors (Lipinski definition) is 3. The van der Waals surface area contributed by atoms with Gasteiger partial charge >= 0.3 is 0 Å². The Kier molecular flexibility index (Phi) is 8.72. The molecule has 0 aliphatic carbocycles. The van der Waals surface area contributed by atoms with Crippen LogP contribution < -0.4 is 21.3 Å². The molecular formula is C34H29N9O3S2. The Morgan fingerprint density at radius 3 is 2.56 bits per heavy atom. The zero-order valence-corrected chi connectivity index (χ0v) is 27.7. The highest BCUT2D eigenvalue weighted by molar-refractivity contribution is 8.00. The first-order valence-electron chi connectivity index (χ1n) is 14.5. The number of carbonyl (C=O) groups is 1. The first kappa shape index (κ1) is 32.0. The molecular weight excluding hydrogens is 647 g/mol. The topological polar surface area (TPSA) is 171 Å². The molecule has 4 aromatic heterocycles. The van der Waals surface area contributed by atoms with E-state index in [1.54, 1.807) is 49.5 Å². The van der Waals surface area contributed by atoms with Crippen LogP contribution >= 0.6 is 11.3 Å². The Morgan fingerprint density at radius 1 is 1.04 bits per heavy atom. The molecule has 1 amide bonds. The lowest BCUT2D eigenvalue weighted by Gasteiger charge is -2.20. The Bertz CT molecular complexity index is 2430. The number of rotatable bonds is 7. The summed E-state index contributed by atoms with van der Waals surface area (Å²) in [5.41, 5.74) is 8.44. The zero-order valence-electron chi connectivity index (χ0n) is 26.1. The smallest absolute Gasteiger partial charge is 0.274 e. The van der Waals surface area contributed by atoms with E-state index < -0.39 is 21.7 Å². The highest BCUT2D eigenvalue weighted by atomic mass is 32.2. The van der Waals surface area contributed by atoms with Crippen molar-refractivity contribution in [3.05, 3.63) is 117 Å². The Labute approximate surface area is 280 Å². The number of nitrogens with two attached hydrogens (primary N) is 1. The Hall–Kier alpha value is -5.91. The Balaban J connectivity index is 1.38. The van der Waals surface area contributed by atoms with E-state index in [0.717, 1.165) is 9.88 Å². The monoisotopic (exact) mass is 675 g/mol. The molecule has 2 atom stereocenters. The number of aromatic nitrogens is 6. The van der Waals surface area contributed by atoms with Crippen molar-refractivity contribution in [2.24, 2.45) is 0 Å². The second kappa shape index (κ2) is 13.1. The largest absolute Gasteiger partial charge is 0.382 e. The van der Waals surface area contributed by atoms with Gasteiger partial charge in [-0.1, -0.05) is 30.2 Å². The van der Waals surface area contributed by atoms with Crippen molar-refractivity contribution in [2.45, 2.75) is 19.9 Å². The molecule has 0 saturated heterocycles. The van der Waals surface area contributed by atoms with Gasteiger partial charge in [-0.2, -0.15) is 0 Å². The van der Waals surface area contributed by atoms with Crippen LogP contribution in [-0.2, 0) is 9.71 Å². The predicted molar refractivity (Wildman–Crippen MR) is 191 cm³/mol. The number of fused-ring (bicyclic) bond motifs is 1. The van der Waals surface area contributed by atoms with Gasteiger partial charge in [0, 0.05) is 33.3 Å². The number of benzene rings is 2. The van der Waals surface area contributed by atoms with Crippen LogP contribution in [-0.4, -0.2) is 51.7 Å². The summed E-state index contributed by atoms with van der Waals surface area (Å²) >= 11 is 1.47. The number of hydrogen-bond acceptors (Lipinski definition) is 10. The summed E-state index contributed by atoms with van der Waals surface area (Å²) in [6.45, 7) is 3.62. The number of aryl methyl sites for hydroxylation is 1. The molecule has 240 valence electrons. The van der Waals surface area contributed by atoms with E-state index in [1.165, 1.54) is 40.8 Å². The van der Waals surface area contributed by atoms with Gasteiger partial charge in [0.1, 0.15) is 5.82 Å². The first-order valence-corrected chi connectivity index (χ1v) is 17.5. The summed E-state index contributed by atoms with van der Waals surface area (Å²) in [4.78, 5) is 50.6. The molecule has 0 fully saturated rings. The van der Waals surface area contributed by atoms with Crippen molar-refractivity contribution < 1.29 is 9.00 Å². The molecule has 0 saturated carbocycles. The predicted octanol–water partition coefficient (Wildman–Crippen LogP) is 4.15. The second-order valence-electron chi connectivity index (χ2n) is 10.9. The minimum absolute atomic E-state index is 0.0914. The van der Waals surface area contributed by atoms with Crippen LogP contribution in [0.5, 0.6) is 0 Å². The number of amides is 1. The molecule has 12 nitrogen and oxygen atoms in total. The third-order valence-corrected chi connectivity index (χ3v) is 8.49. The maximum Gasteiger partial charge on any atom is 0.274 e. The summed E-state index contributed by atoms with van der Waals surface area (Å²) in [5.74, 6) is 9.39. The number of nitrogens with one attached hydrogen (secondary N) is 2. The maximum atomic E-state index is 14.3. The number of para-hydroxylation sites is 1. The zero-order chi connectivity index (χ0) is 34.0. The van der Waals surface area contributed by atoms with Crippen LogP contribution in [0.25, 0.3) is 27.8 Å². The minimum atomic E-state index is -2.55. The summed E-state index contributed by atoms with van der Waals surface area (Å²) in [5, 5.41) is 4.13. The van der Waals surface area contributed by atoms with Crippen molar-refractivity contribution >= 4 is 55.2 Å². The van der Waals surface area contributed by atoms with Gasteiger partial charge in [-0.15, -0.1) is 11.3 Å². The molecule has 0 spiro atoms. The first-order chi connectivity index (χ1) is 23.0. The molecule has 0 aliphatic heterocycles. The fraction of sp³-hybridized carbons (Fsp3) is 0.118. The summed E-state index contributed by atoms with van der Waals surface area (Å²) in [6, 6.07) is 15.2. The summed E-state index contributed by atoms with van der Waals surface area (Å²) < 4.78 is 16.4. The van der Waals surface area contributed by atoms with Gasteiger partial charge in [-0.3, -0.25) is 19.1 Å². The highest BCUT2D eigenvalue weighted by Gasteiger charge is 2.23. The van der Waals surface area contributed by atoms with Crippen LogP contribution in [0.1, 0.15) is 44.7 Å². The van der Waals surface area contributed by atoms with Gasteiger partial charge in [0.2, 0.25) is 0 Å². The van der Waals surface area contributed by atoms with E-state index in [4.69, 9.17) is 10.7 Å². The molecule has 0 aliphatic rings. The number of anilines is 2. The van der Waals surface area contributed by atoms with Gasteiger partial charge in [0.05, 0.1) is 62.5 Å². The highest BCUT2D eigenvalue weighted by Crippen LogP contribution is 2.24. The SMILES string of the molecule is C=S(C)(=O)Nc1cncc(-c2cnc(N)c(C(=O)N[C@H](C)c3nc4cccc(C#Cc5cnc(C)s5)c4c(=O)n3-c3ccccc3)n2)c1. The summed E-state index contributed by atoms with van der Waals surface area (Å²) in [7, 11) is -2.55.